The minimum Gasteiger partial charge on any atom is -0.481 e. The van der Waals surface area contributed by atoms with Gasteiger partial charge in [-0.2, -0.15) is 0 Å². The summed E-state index contributed by atoms with van der Waals surface area (Å²) in [6.07, 6.45) is -0.651. The summed E-state index contributed by atoms with van der Waals surface area (Å²) in [7, 11) is 0. The van der Waals surface area contributed by atoms with Gasteiger partial charge in [0.25, 0.3) is 5.91 Å². The number of hydrogen-bond acceptors (Lipinski definition) is 3. The lowest BCUT2D eigenvalue weighted by Crippen LogP contribution is -2.41. The van der Waals surface area contributed by atoms with Crippen LogP contribution >= 0.6 is 0 Å². The summed E-state index contributed by atoms with van der Waals surface area (Å²) in [6.45, 7) is 7.71. The summed E-state index contributed by atoms with van der Waals surface area (Å²) in [6, 6.07) is 24.9. The molecule has 2 atom stereocenters. The molecule has 0 saturated carbocycles. The molecule has 5 nitrogen and oxygen atoms in total. The molecule has 3 aromatic carbocycles. The van der Waals surface area contributed by atoms with Crippen LogP contribution in [0, 0.1) is 6.92 Å². The summed E-state index contributed by atoms with van der Waals surface area (Å²) in [5.74, 6) is 0.426. The van der Waals surface area contributed by atoms with Crippen LogP contribution in [0.25, 0.3) is 0 Å². The Morgan fingerprint density at radius 2 is 1.62 bits per heavy atom. The van der Waals surface area contributed by atoms with E-state index in [0.717, 1.165) is 16.7 Å². The topological polar surface area (TPSA) is 58.6 Å². The number of hydrogen-bond donors (Lipinski definition) is 1. The van der Waals surface area contributed by atoms with Crippen molar-refractivity contribution in [2.24, 2.45) is 0 Å². The van der Waals surface area contributed by atoms with E-state index in [1.807, 2.05) is 97.6 Å². The van der Waals surface area contributed by atoms with Crippen molar-refractivity contribution in [3.05, 3.63) is 95.6 Å². The largest absolute Gasteiger partial charge is 0.481 e. The number of ether oxygens (including phenoxy) is 1. The van der Waals surface area contributed by atoms with E-state index < -0.39 is 6.10 Å². The van der Waals surface area contributed by atoms with Gasteiger partial charge in [-0.15, -0.1) is 0 Å². The van der Waals surface area contributed by atoms with E-state index in [1.165, 1.54) is 6.92 Å². The molecule has 0 aliphatic carbocycles. The first kappa shape index (κ1) is 23.1. The van der Waals surface area contributed by atoms with Crippen LogP contribution in [0.5, 0.6) is 5.75 Å². The molecule has 2 amide bonds. The minimum atomic E-state index is -0.651. The average Bonchev–Trinajstić information content (AvgIpc) is 2.78. The number of aryl methyl sites for hydroxylation is 1. The van der Waals surface area contributed by atoms with Crippen LogP contribution in [0.4, 0.5) is 5.69 Å². The monoisotopic (exact) mass is 430 g/mol. The van der Waals surface area contributed by atoms with Gasteiger partial charge in [-0.1, -0.05) is 60.2 Å². The Morgan fingerprint density at radius 3 is 2.28 bits per heavy atom. The van der Waals surface area contributed by atoms with E-state index in [1.54, 1.807) is 6.92 Å². The normalized spacial score (nSPS) is 12.5. The molecule has 3 rings (SSSR count). The van der Waals surface area contributed by atoms with Crippen LogP contribution in [0.3, 0.4) is 0 Å². The standard InChI is InChI=1S/C27H30N2O3/c1-19-13-15-26(16-14-19)32-21(3)27(31)29(18-23-9-6-5-7-10-23)20(2)24-11-8-12-25(17-24)28-22(4)30/h5-17,20-21H,18H2,1-4H3,(H,28,30)/t20-,21-/m0/s1. The zero-order valence-electron chi connectivity index (χ0n) is 19.0. The molecule has 0 spiro atoms. The molecule has 0 unspecified atom stereocenters. The lowest BCUT2D eigenvalue weighted by Gasteiger charge is -2.32. The molecular weight excluding hydrogens is 400 g/mol. The van der Waals surface area contributed by atoms with Crippen molar-refractivity contribution in [1.29, 1.82) is 0 Å². The Hall–Kier alpha value is -3.60. The van der Waals surface area contributed by atoms with Crippen LogP contribution in [0.1, 0.15) is 43.5 Å². The molecule has 1 N–H and O–H groups in total. The SMILES string of the molecule is CC(=O)Nc1cccc([C@H](C)N(Cc2ccccc2)C(=O)[C@H](C)Oc2ccc(C)cc2)c1. The molecule has 0 bridgehead atoms. The second kappa shape index (κ2) is 10.6. The van der Waals surface area contributed by atoms with Crippen molar-refractivity contribution in [3.63, 3.8) is 0 Å². The number of anilines is 1. The van der Waals surface area contributed by atoms with Gasteiger partial charge in [0, 0.05) is 19.2 Å². The van der Waals surface area contributed by atoms with E-state index >= 15 is 0 Å². The molecule has 0 radical (unpaired) electrons. The highest BCUT2D eigenvalue weighted by atomic mass is 16.5. The van der Waals surface area contributed by atoms with Crippen LogP contribution in [0.15, 0.2) is 78.9 Å². The molecule has 32 heavy (non-hydrogen) atoms. The fourth-order valence-corrected chi connectivity index (χ4v) is 3.55. The zero-order chi connectivity index (χ0) is 23.1. The highest BCUT2D eigenvalue weighted by Gasteiger charge is 2.27. The highest BCUT2D eigenvalue weighted by Crippen LogP contribution is 2.26. The van der Waals surface area contributed by atoms with Gasteiger partial charge >= 0.3 is 0 Å². The number of nitrogens with one attached hydrogen (secondary N) is 1. The molecule has 5 heteroatoms. The van der Waals surface area contributed by atoms with Gasteiger partial charge in [0.2, 0.25) is 5.91 Å². The quantitative estimate of drug-likeness (QED) is 0.513. The van der Waals surface area contributed by atoms with Crippen LogP contribution in [0.2, 0.25) is 0 Å². The second-order valence-corrected chi connectivity index (χ2v) is 8.01. The Bertz CT molecular complexity index is 1050. The van der Waals surface area contributed by atoms with Gasteiger partial charge in [-0.05, 0) is 56.2 Å². The Kier molecular flexibility index (Phi) is 7.66. The van der Waals surface area contributed by atoms with Gasteiger partial charge in [-0.3, -0.25) is 9.59 Å². The molecule has 0 saturated heterocycles. The zero-order valence-corrected chi connectivity index (χ0v) is 19.0. The van der Waals surface area contributed by atoms with E-state index in [-0.39, 0.29) is 17.9 Å². The minimum absolute atomic E-state index is 0.105. The van der Waals surface area contributed by atoms with Gasteiger partial charge < -0.3 is 15.0 Å². The van der Waals surface area contributed by atoms with Gasteiger partial charge in [0.15, 0.2) is 6.10 Å². The maximum Gasteiger partial charge on any atom is 0.264 e. The summed E-state index contributed by atoms with van der Waals surface area (Å²) in [4.78, 5) is 26.8. The number of rotatable bonds is 8. The molecule has 0 heterocycles. The maximum atomic E-state index is 13.5. The third-order valence-corrected chi connectivity index (χ3v) is 5.32. The smallest absolute Gasteiger partial charge is 0.264 e. The van der Waals surface area contributed by atoms with Crippen molar-refractivity contribution in [3.8, 4) is 5.75 Å². The molecule has 166 valence electrons. The summed E-state index contributed by atoms with van der Waals surface area (Å²) >= 11 is 0. The number of amides is 2. The predicted molar refractivity (Wildman–Crippen MR) is 127 cm³/mol. The lowest BCUT2D eigenvalue weighted by molar-refractivity contribution is -0.141. The van der Waals surface area contributed by atoms with Crippen molar-refractivity contribution < 1.29 is 14.3 Å². The second-order valence-electron chi connectivity index (χ2n) is 8.01. The molecule has 0 aliphatic heterocycles. The summed E-state index contributed by atoms with van der Waals surface area (Å²) < 4.78 is 5.96. The Balaban J connectivity index is 1.86. The van der Waals surface area contributed by atoms with Crippen molar-refractivity contribution in [1.82, 2.24) is 4.90 Å². The lowest BCUT2D eigenvalue weighted by atomic mass is 10.0. The molecule has 0 aromatic heterocycles. The predicted octanol–water partition coefficient (Wildman–Crippen LogP) is 5.51. The average molecular weight is 431 g/mol. The molecule has 0 fully saturated rings. The fraction of sp³-hybridized carbons (Fsp3) is 0.259. The van der Waals surface area contributed by atoms with Crippen molar-refractivity contribution in [2.45, 2.75) is 46.4 Å². The van der Waals surface area contributed by atoms with E-state index in [0.29, 0.717) is 18.0 Å². The van der Waals surface area contributed by atoms with E-state index in [2.05, 4.69) is 5.32 Å². The summed E-state index contributed by atoms with van der Waals surface area (Å²) in [5.41, 5.74) is 3.81. The number of carbonyl (C=O) groups excluding carboxylic acids is 2. The first-order chi connectivity index (χ1) is 15.3. The number of benzene rings is 3. The van der Waals surface area contributed by atoms with E-state index in [4.69, 9.17) is 4.74 Å². The van der Waals surface area contributed by atoms with Crippen molar-refractivity contribution >= 4 is 17.5 Å². The van der Waals surface area contributed by atoms with E-state index in [9.17, 15) is 9.59 Å². The maximum absolute atomic E-state index is 13.5. The van der Waals surface area contributed by atoms with Crippen LogP contribution in [-0.4, -0.2) is 22.8 Å². The number of nitrogens with zero attached hydrogens (tertiary/aromatic N) is 1. The van der Waals surface area contributed by atoms with Crippen LogP contribution < -0.4 is 10.1 Å². The molecule has 3 aromatic rings. The van der Waals surface area contributed by atoms with Gasteiger partial charge in [0.05, 0.1) is 6.04 Å². The number of carbonyl (C=O) groups is 2. The molecule has 0 aliphatic rings. The van der Waals surface area contributed by atoms with Crippen molar-refractivity contribution in [2.75, 3.05) is 5.32 Å². The third-order valence-electron chi connectivity index (χ3n) is 5.32. The fourth-order valence-electron chi connectivity index (χ4n) is 3.55. The van der Waals surface area contributed by atoms with Gasteiger partial charge in [0.1, 0.15) is 5.75 Å². The first-order valence-corrected chi connectivity index (χ1v) is 10.8. The third kappa shape index (κ3) is 6.20. The first-order valence-electron chi connectivity index (χ1n) is 10.8. The molecular formula is C27H30N2O3. The Morgan fingerprint density at radius 1 is 0.938 bits per heavy atom. The summed E-state index contributed by atoms with van der Waals surface area (Å²) in [5, 5.41) is 2.81. The Labute approximate surface area is 190 Å². The highest BCUT2D eigenvalue weighted by molar-refractivity contribution is 5.88. The van der Waals surface area contributed by atoms with Gasteiger partial charge in [-0.25, -0.2) is 0 Å². The van der Waals surface area contributed by atoms with Crippen LogP contribution in [-0.2, 0) is 16.1 Å².